The van der Waals surface area contributed by atoms with Crippen LogP contribution in [0.25, 0.3) is 0 Å². The topological polar surface area (TPSA) is 47.6 Å². The molecule has 0 aromatic carbocycles. The lowest BCUT2D eigenvalue weighted by molar-refractivity contribution is -0.137. The third-order valence-corrected chi connectivity index (χ3v) is 2.45. The Balaban J connectivity index is 4.33. The number of nitrogens with zero attached hydrogens (tertiary/aromatic N) is 2. The maximum atomic E-state index is 11.8. The van der Waals surface area contributed by atoms with E-state index < -0.39 is 24.4 Å². The Kier molecular flexibility index (Phi) is 4.22. The lowest BCUT2D eigenvalue weighted by Crippen LogP contribution is -2.21. The third-order valence-electron chi connectivity index (χ3n) is 1.49. The summed E-state index contributed by atoms with van der Waals surface area (Å²) in [6.07, 6.45) is -5.92. The van der Waals surface area contributed by atoms with Crippen LogP contribution in [0.2, 0.25) is 0 Å². The van der Waals surface area contributed by atoms with Gasteiger partial charge in [0.15, 0.2) is 5.41 Å². The van der Waals surface area contributed by atoms with Crippen LogP contribution >= 0.6 is 15.9 Å². The van der Waals surface area contributed by atoms with Crippen LogP contribution in [0.1, 0.15) is 12.8 Å². The molecule has 0 bridgehead atoms. The molecule has 0 rings (SSSR count). The van der Waals surface area contributed by atoms with E-state index >= 15 is 0 Å². The zero-order chi connectivity index (χ0) is 10.5. The Labute approximate surface area is 82.1 Å². The number of alkyl halides is 4. The second-order valence-electron chi connectivity index (χ2n) is 2.55. The van der Waals surface area contributed by atoms with Crippen molar-refractivity contribution >= 4 is 15.9 Å². The van der Waals surface area contributed by atoms with Crippen molar-refractivity contribution in [3.63, 3.8) is 0 Å². The molecule has 0 N–H and O–H groups in total. The van der Waals surface area contributed by atoms with Crippen LogP contribution < -0.4 is 0 Å². The molecular formula is C7H6BrF3N2. The highest BCUT2D eigenvalue weighted by molar-refractivity contribution is 9.09. The first-order valence-corrected chi connectivity index (χ1v) is 4.46. The molecule has 0 heterocycles. The molecule has 0 aliphatic heterocycles. The number of hydrogen-bond acceptors (Lipinski definition) is 2. The van der Waals surface area contributed by atoms with Gasteiger partial charge in [0.1, 0.15) is 0 Å². The molecule has 0 saturated carbocycles. The third kappa shape index (κ3) is 4.14. The minimum atomic E-state index is -4.32. The van der Waals surface area contributed by atoms with E-state index in [9.17, 15) is 13.2 Å². The molecule has 0 aliphatic rings. The largest absolute Gasteiger partial charge is 0.389 e. The lowest BCUT2D eigenvalue weighted by atomic mass is 9.89. The maximum absolute atomic E-state index is 11.8. The van der Waals surface area contributed by atoms with E-state index in [1.54, 1.807) is 12.1 Å². The van der Waals surface area contributed by atoms with E-state index in [-0.39, 0.29) is 5.33 Å². The van der Waals surface area contributed by atoms with Gasteiger partial charge in [-0.05, 0) is 6.42 Å². The van der Waals surface area contributed by atoms with Crippen molar-refractivity contribution in [2.24, 2.45) is 5.41 Å². The van der Waals surface area contributed by atoms with E-state index in [0.717, 1.165) is 0 Å². The average Bonchev–Trinajstić information content (AvgIpc) is 2.06. The Bertz CT molecular complexity index is 234. The van der Waals surface area contributed by atoms with Crippen LogP contribution in [0.3, 0.4) is 0 Å². The Morgan fingerprint density at radius 1 is 1.08 bits per heavy atom. The minimum absolute atomic E-state index is 0.0664. The molecule has 0 aromatic heterocycles. The molecule has 0 aliphatic carbocycles. The number of nitriles is 2. The van der Waals surface area contributed by atoms with Gasteiger partial charge in [0.2, 0.25) is 0 Å². The van der Waals surface area contributed by atoms with Crippen LogP contribution in [0.5, 0.6) is 0 Å². The van der Waals surface area contributed by atoms with Gasteiger partial charge in [-0.25, -0.2) is 0 Å². The van der Waals surface area contributed by atoms with E-state index in [1.165, 1.54) is 0 Å². The van der Waals surface area contributed by atoms with E-state index in [2.05, 4.69) is 15.9 Å². The highest BCUT2D eigenvalue weighted by atomic mass is 79.9. The summed E-state index contributed by atoms with van der Waals surface area (Å²) in [6, 6.07) is 3.16. The van der Waals surface area contributed by atoms with Gasteiger partial charge in [-0.15, -0.1) is 0 Å². The smallest absolute Gasteiger partial charge is 0.197 e. The highest BCUT2D eigenvalue weighted by Crippen LogP contribution is 2.31. The van der Waals surface area contributed by atoms with Gasteiger partial charge >= 0.3 is 6.18 Å². The summed E-state index contributed by atoms with van der Waals surface area (Å²) in [5.74, 6) is 0. The Morgan fingerprint density at radius 3 is 1.77 bits per heavy atom. The molecule has 2 nitrogen and oxygen atoms in total. The van der Waals surface area contributed by atoms with Gasteiger partial charge in [-0.3, -0.25) is 0 Å². The first-order valence-electron chi connectivity index (χ1n) is 3.34. The van der Waals surface area contributed by atoms with Crippen molar-refractivity contribution in [1.29, 1.82) is 10.5 Å². The first-order chi connectivity index (χ1) is 5.89. The second kappa shape index (κ2) is 4.48. The molecule has 72 valence electrons. The lowest BCUT2D eigenvalue weighted by Gasteiger charge is -2.15. The molecule has 0 spiro atoms. The van der Waals surface area contributed by atoms with Crippen LogP contribution in [-0.2, 0) is 0 Å². The summed E-state index contributed by atoms with van der Waals surface area (Å²) in [6.45, 7) is 0. The van der Waals surface area contributed by atoms with Crippen molar-refractivity contribution < 1.29 is 13.2 Å². The van der Waals surface area contributed by atoms with Gasteiger partial charge in [-0.1, -0.05) is 15.9 Å². The minimum Gasteiger partial charge on any atom is -0.197 e. The van der Waals surface area contributed by atoms with Crippen LogP contribution in [-0.4, -0.2) is 11.5 Å². The molecule has 0 unspecified atom stereocenters. The molecule has 0 aromatic rings. The van der Waals surface area contributed by atoms with Crippen molar-refractivity contribution in [2.75, 3.05) is 5.33 Å². The fourth-order valence-electron chi connectivity index (χ4n) is 0.619. The van der Waals surface area contributed by atoms with Crippen molar-refractivity contribution in [1.82, 2.24) is 0 Å². The quantitative estimate of drug-likeness (QED) is 0.728. The van der Waals surface area contributed by atoms with E-state index in [1.807, 2.05) is 0 Å². The van der Waals surface area contributed by atoms with Gasteiger partial charge in [0, 0.05) is 11.8 Å². The molecule has 0 fully saturated rings. The fraction of sp³-hybridized carbons (Fsp3) is 0.714. The number of hydrogen-bond donors (Lipinski definition) is 0. The summed E-state index contributed by atoms with van der Waals surface area (Å²) in [4.78, 5) is 0. The second-order valence-corrected chi connectivity index (χ2v) is 3.12. The van der Waals surface area contributed by atoms with Crippen molar-refractivity contribution in [3.05, 3.63) is 0 Å². The predicted molar refractivity (Wildman–Crippen MR) is 42.7 cm³/mol. The Hall–Kier alpha value is -0.750. The van der Waals surface area contributed by atoms with Crippen LogP contribution in [0, 0.1) is 28.1 Å². The first kappa shape index (κ1) is 12.2. The zero-order valence-corrected chi connectivity index (χ0v) is 8.11. The van der Waals surface area contributed by atoms with Crippen molar-refractivity contribution in [2.45, 2.75) is 19.0 Å². The molecule has 6 heteroatoms. The summed E-state index contributed by atoms with van der Waals surface area (Å²) in [7, 11) is 0. The van der Waals surface area contributed by atoms with Crippen LogP contribution in [0.15, 0.2) is 0 Å². The molecule has 0 amide bonds. The number of halogens is 4. The Morgan fingerprint density at radius 2 is 1.54 bits per heavy atom. The predicted octanol–water partition coefficient (Wildman–Crippen LogP) is 2.76. The normalized spacial score (nSPS) is 11.8. The monoisotopic (exact) mass is 254 g/mol. The fourth-order valence-corrected chi connectivity index (χ4v) is 1.15. The standard InChI is InChI=1S/C7H6BrF3N2/c8-3-6(4-12,5-13)1-2-7(9,10)11/h1-3H2. The van der Waals surface area contributed by atoms with Gasteiger partial charge < -0.3 is 0 Å². The zero-order valence-electron chi connectivity index (χ0n) is 6.53. The van der Waals surface area contributed by atoms with Gasteiger partial charge in [0.05, 0.1) is 12.1 Å². The van der Waals surface area contributed by atoms with Crippen molar-refractivity contribution in [3.8, 4) is 12.1 Å². The van der Waals surface area contributed by atoms with E-state index in [4.69, 9.17) is 10.5 Å². The van der Waals surface area contributed by atoms with Gasteiger partial charge in [-0.2, -0.15) is 23.7 Å². The maximum Gasteiger partial charge on any atom is 0.389 e. The van der Waals surface area contributed by atoms with E-state index in [0.29, 0.717) is 0 Å². The summed E-state index contributed by atoms with van der Waals surface area (Å²) < 4.78 is 35.3. The summed E-state index contributed by atoms with van der Waals surface area (Å²) >= 11 is 2.85. The SMILES string of the molecule is N#CC(C#N)(CBr)CCC(F)(F)F. The number of rotatable bonds is 3. The van der Waals surface area contributed by atoms with Gasteiger partial charge in [0.25, 0.3) is 0 Å². The average molecular weight is 255 g/mol. The summed E-state index contributed by atoms with van der Waals surface area (Å²) in [5.41, 5.74) is -1.56. The molecule has 0 saturated heterocycles. The van der Waals surface area contributed by atoms with Crippen LogP contribution in [0.4, 0.5) is 13.2 Å². The molecule has 0 radical (unpaired) electrons. The molecule has 0 atom stereocenters. The highest BCUT2D eigenvalue weighted by Gasteiger charge is 2.36. The molecular weight excluding hydrogens is 249 g/mol. The summed E-state index contributed by atoms with van der Waals surface area (Å²) in [5, 5.41) is 16.9. The molecule has 13 heavy (non-hydrogen) atoms.